The van der Waals surface area contributed by atoms with Crippen LogP contribution in [-0.2, 0) is 4.74 Å². The minimum Gasteiger partial charge on any atom is -0.444 e. The topological polar surface area (TPSA) is 49.8 Å². The molecule has 0 spiro atoms. The van der Waals surface area contributed by atoms with Crippen molar-refractivity contribution in [2.24, 2.45) is 5.92 Å². The molecule has 0 bridgehead atoms. The molecular formula is C14H25NO3. The standard InChI is InChI=1S/C14H25NO3/c1-13(2,3)18-12(16)15-9-14(17,10-15)11-7-5-4-6-8-11/h11,17H,4-10H2,1-3H3. The number of rotatable bonds is 1. The summed E-state index contributed by atoms with van der Waals surface area (Å²) in [5.74, 6) is 0.366. The number of nitrogens with zero attached hydrogens (tertiary/aromatic N) is 1. The first-order valence-corrected chi connectivity index (χ1v) is 7.00. The Bertz CT molecular complexity index is 309. The van der Waals surface area contributed by atoms with Crippen LogP contribution in [0.3, 0.4) is 0 Å². The highest BCUT2D eigenvalue weighted by Crippen LogP contribution is 2.38. The molecule has 1 heterocycles. The molecule has 2 aliphatic rings. The van der Waals surface area contributed by atoms with E-state index in [2.05, 4.69) is 0 Å². The molecule has 1 amide bonds. The third-order valence-electron chi connectivity index (χ3n) is 3.95. The zero-order valence-electron chi connectivity index (χ0n) is 11.7. The van der Waals surface area contributed by atoms with Crippen LogP contribution in [0.15, 0.2) is 0 Å². The number of hydrogen-bond acceptors (Lipinski definition) is 3. The highest BCUT2D eigenvalue weighted by molar-refractivity contribution is 5.69. The van der Waals surface area contributed by atoms with Gasteiger partial charge in [-0.3, -0.25) is 0 Å². The largest absolute Gasteiger partial charge is 0.444 e. The van der Waals surface area contributed by atoms with Gasteiger partial charge >= 0.3 is 6.09 Å². The lowest BCUT2D eigenvalue weighted by atomic mass is 9.73. The second-order valence-electron chi connectivity index (χ2n) is 6.77. The Morgan fingerprint density at radius 1 is 1.22 bits per heavy atom. The maximum absolute atomic E-state index is 11.8. The van der Waals surface area contributed by atoms with Crippen LogP contribution in [0.1, 0.15) is 52.9 Å². The molecule has 18 heavy (non-hydrogen) atoms. The van der Waals surface area contributed by atoms with E-state index in [1.807, 2.05) is 20.8 Å². The molecule has 0 aromatic heterocycles. The first kappa shape index (κ1) is 13.7. The molecule has 1 N–H and O–H groups in total. The summed E-state index contributed by atoms with van der Waals surface area (Å²) in [7, 11) is 0. The Labute approximate surface area is 109 Å². The summed E-state index contributed by atoms with van der Waals surface area (Å²) >= 11 is 0. The van der Waals surface area contributed by atoms with Gasteiger partial charge in [0.1, 0.15) is 11.2 Å². The SMILES string of the molecule is CC(C)(C)OC(=O)N1CC(O)(C2CCCCC2)C1. The van der Waals surface area contributed by atoms with E-state index in [0.717, 1.165) is 12.8 Å². The first-order chi connectivity index (χ1) is 8.30. The number of likely N-dealkylation sites (tertiary alicyclic amines) is 1. The Morgan fingerprint density at radius 3 is 2.28 bits per heavy atom. The molecule has 0 unspecified atom stereocenters. The Hall–Kier alpha value is -0.770. The van der Waals surface area contributed by atoms with Crippen LogP contribution in [0.2, 0.25) is 0 Å². The minimum atomic E-state index is -0.655. The van der Waals surface area contributed by atoms with Gasteiger partial charge in [0.05, 0.1) is 13.1 Å². The van der Waals surface area contributed by atoms with E-state index in [1.165, 1.54) is 19.3 Å². The molecule has 2 fully saturated rings. The molecule has 104 valence electrons. The van der Waals surface area contributed by atoms with Gasteiger partial charge in [-0.05, 0) is 39.5 Å². The fourth-order valence-corrected chi connectivity index (χ4v) is 2.97. The minimum absolute atomic E-state index is 0.303. The smallest absolute Gasteiger partial charge is 0.410 e. The third-order valence-corrected chi connectivity index (χ3v) is 3.95. The van der Waals surface area contributed by atoms with Crippen LogP contribution in [0.25, 0.3) is 0 Å². The van der Waals surface area contributed by atoms with Crippen LogP contribution in [0, 0.1) is 5.92 Å². The summed E-state index contributed by atoms with van der Waals surface area (Å²) in [4.78, 5) is 13.4. The van der Waals surface area contributed by atoms with Crippen molar-refractivity contribution < 1.29 is 14.6 Å². The van der Waals surface area contributed by atoms with Crippen LogP contribution in [0.5, 0.6) is 0 Å². The van der Waals surface area contributed by atoms with Crippen LogP contribution in [-0.4, -0.2) is 40.4 Å². The molecule has 0 aromatic rings. The van der Waals surface area contributed by atoms with Gasteiger partial charge in [-0.25, -0.2) is 4.79 Å². The summed E-state index contributed by atoms with van der Waals surface area (Å²) in [6.45, 7) is 6.45. The van der Waals surface area contributed by atoms with Gasteiger partial charge in [0.15, 0.2) is 0 Å². The number of carbonyl (C=O) groups excluding carboxylic acids is 1. The molecule has 4 nitrogen and oxygen atoms in total. The van der Waals surface area contributed by atoms with Gasteiger partial charge in [-0.15, -0.1) is 0 Å². The Balaban J connectivity index is 1.83. The summed E-state index contributed by atoms with van der Waals surface area (Å²) in [5.41, 5.74) is -1.12. The van der Waals surface area contributed by atoms with E-state index in [0.29, 0.717) is 19.0 Å². The number of amides is 1. The fraction of sp³-hybridized carbons (Fsp3) is 0.929. The van der Waals surface area contributed by atoms with Crippen molar-refractivity contribution in [2.75, 3.05) is 13.1 Å². The summed E-state index contributed by atoms with van der Waals surface area (Å²) in [6.07, 6.45) is 5.58. The first-order valence-electron chi connectivity index (χ1n) is 7.00. The van der Waals surface area contributed by atoms with Gasteiger partial charge in [-0.1, -0.05) is 19.3 Å². The fourth-order valence-electron chi connectivity index (χ4n) is 2.97. The number of β-amino-alcohol motifs (C(OH)–C–C–N with tert-alkyl or cyclic N) is 1. The Morgan fingerprint density at radius 2 is 1.78 bits per heavy atom. The molecule has 2 rings (SSSR count). The van der Waals surface area contributed by atoms with Gasteiger partial charge in [0.25, 0.3) is 0 Å². The van der Waals surface area contributed by atoms with Gasteiger partial charge < -0.3 is 14.7 Å². The highest BCUT2D eigenvalue weighted by atomic mass is 16.6. The normalized spacial score (nSPS) is 24.6. The zero-order chi connectivity index (χ0) is 13.4. The van der Waals surface area contributed by atoms with Crippen molar-refractivity contribution in [3.63, 3.8) is 0 Å². The molecule has 1 saturated heterocycles. The average molecular weight is 255 g/mol. The third kappa shape index (κ3) is 2.97. The summed E-state index contributed by atoms with van der Waals surface area (Å²) in [6, 6.07) is 0. The molecular weight excluding hydrogens is 230 g/mol. The predicted molar refractivity (Wildman–Crippen MR) is 69.3 cm³/mol. The Kier molecular flexibility index (Phi) is 3.58. The number of carbonyl (C=O) groups is 1. The second-order valence-corrected chi connectivity index (χ2v) is 6.77. The molecule has 0 atom stereocenters. The van der Waals surface area contributed by atoms with Crippen molar-refractivity contribution in [1.82, 2.24) is 4.90 Å². The van der Waals surface area contributed by atoms with Crippen molar-refractivity contribution in [3.8, 4) is 0 Å². The lowest BCUT2D eigenvalue weighted by molar-refractivity contribution is -0.138. The van der Waals surface area contributed by atoms with Crippen LogP contribution < -0.4 is 0 Å². The van der Waals surface area contributed by atoms with Gasteiger partial charge in [0.2, 0.25) is 0 Å². The van der Waals surface area contributed by atoms with Crippen molar-refractivity contribution in [3.05, 3.63) is 0 Å². The summed E-state index contributed by atoms with van der Waals surface area (Å²) < 4.78 is 5.30. The van der Waals surface area contributed by atoms with E-state index in [4.69, 9.17) is 4.74 Å². The number of ether oxygens (including phenoxy) is 1. The second kappa shape index (κ2) is 4.72. The monoisotopic (exact) mass is 255 g/mol. The molecule has 0 radical (unpaired) electrons. The van der Waals surface area contributed by atoms with Gasteiger partial charge in [0, 0.05) is 0 Å². The molecule has 1 aliphatic heterocycles. The van der Waals surface area contributed by atoms with E-state index in [9.17, 15) is 9.90 Å². The van der Waals surface area contributed by atoms with Crippen molar-refractivity contribution in [2.45, 2.75) is 64.1 Å². The maximum Gasteiger partial charge on any atom is 0.410 e. The van der Waals surface area contributed by atoms with Crippen LogP contribution >= 0.6 is 0 Å². The number of hydrogen-bond donors (Lipinski definition) is 1. The average Bonchev–Trinajstić information content (AvgIpc) is 2.23. The molecule has 1 aliphatic carbocycles. The van der Waals surface area contributed by atoms with Crippen molar-refractivity contribution in [1.29, 1.82) is 0 Å². The highest BCUT2D eigenvalue weighted by Gasteiger charge is 2.50. The predicted octanol–water partition coefficient (Wildman–Crippen LogP) is 2.55. The lowest BCUT2D eigenvalue weighted by Crippen LogP contribution is -2.67. The van der Waals surface area contributed by atoms with Crippen molar-refractivity contribution >= 4 is 6.09 Å². The molecule has 4 heteroatoms. The molecule has 1 saturated carbocycles. The quantitative estimate of drug-likeness (QED) is 0.783. The zero-order valence-corrected chi connectivity index (χ0v) is 11.7. The van der Waals surface area contributed by atoms with E-state index in [1.54, 1.807) is 4.90 Å². The molecule has 0 aromatic carbocycles. The maximum atomic E-state index is 11.8. The van der Waals surface area contributed by atoms with E-state index < -0.39 is 11.2 Å². The van der Waals surface area contributed by atoms with Gasteiger partial charge in [-0.2, -0.15) is 0 Å². The summed E-state index contributed by atoms with van der Waals surface area (Å²) in [5, 5.41) is 10.5. The van der Waals surface area contributed by atoms with Crippen LogP contribution in [0.4, 0.5) is 4.79 Å². The number of aliphatic hydroxyl groups is 1. The lowest BCUT2D eigenvalue weighted by Gasteiger charge is -2.51. The van der Waals surface area contributed by atoms with E-state index >= 15 is 0 Å². The van der Waals surface area contributed by atoms with E-state index in [-0.39, 0.29) is 6.09 Å².